The Bertz CT molecular complexity index is 1460. The first kappa shape index (κ1) is 29.3. The number of esters is 1. The Balaban J connectivity index is 1.61. The summed E-state index contributed by atoms with van der Waals surface area (Å²) in [5.74, 6) is -0.546. The first-order valence-electron chi connectivity index (χ1n) is 12.2. The molecule has 0 spiro atoms. The van der Waals surface area contributed by atoms with E-state index in [2.05, 4.69) is 20.2 Å². The number of hydrogen-bond acceptors (Lipinski definition) is 12. The highest BCUT2D eigenvalue weighted by molar-refractivity contribution is 7.52. The third-order valence-corrected chi connectivity index (χ3v) is 7.82. The number of nitrogen functional groups attached to an aromatic ring is 1. The van der Waals surface area contributed by atoms with Crippen molar-refractivity contribution in [3.63, 3.8) is 0 Å². The van der Waals surface area contributed by atoms with Crippen LogP contribution in [-0.2, 0) is 29.1 Å². The number of alkyl halides is 1. The number of nitrogens with two attached hydrogens (primary N) is 1. The maximum Gasteiger partial charge on any atom is 0.459 e. The van der Waals surface area contributed by atoms with Crippen LogP contribution in [0.2, 0.25) is 0 Å². The van der Waals surface area contributed by atoms with Crippen molar-refractivity contribution in [3.05, 3.63) is 42.9 Å². The molecule has 3 aromatic rings. The van der Waals surface area contributed by atoms with Gasteiger partial charge in [0.25, 0.3) is 5.72 Å². The van der Waals surface area contributed by atoms with Crippen molar-refractivity contribution in [3.8, 4) is 11.8 Å². The molecule has 6 atom stereocenters. The van der Waals surface area contributed by atoms with Gasteiger partial charge in [-0.1, -0.05) is 18.2 Å². The molecule has 0 unspecified atom stereocenters. The SMILES string of the molecule is CC(C)OC(=O)[C@@H](C)N[P@@](=O)(OC[C@H]1O[C@@](C#N)(n2ncc3c(N)ncnc32)[C@](C)(F)[C@@H]1O)Oc1ccccc1. The van der Waals surface area contributed by atoms with Crippen molar-refractivity contribution in [2.75, 3.05) is 12.3 Å². The van der Waals surface area contributed by atoms with Gasteiger partial charge in [-0.05, 0) is 39.8 Å². The summed E-state index contributed by atoms with van der Waals surface area (Å²) in [6.07, 6.45) is -1.59. The van der Waals surface area contributed by atoms with Crippen LogP contribution in [0.25, 0.3) is 11.0 Å². The second kappa shape index (κ2) is 11.1. The summed E-state index contributed by atoms with van der Waals surface area (Å²) in [7, 11) is -4.38. The van der Waals surface area contributed by atoms with Crippen LogP contribution >= 0.6 is 7.75 Å². The van der Waals surface area contributed by atoms with E-state index < -0.39 is 56.1 Å². The molecule has 0 saturated carbocycles. The van der Waals surface area contributed by atoms with Gasteiger partial charge in [0.05, 0.1) is 24.3 Å². The number of nitrogens with zero attached hydrogens (tertiary/aromatic N) is 5. The fraction of sp³-hybridized carbons (Fsp3) is 0.458. The lowest BCUT2D eigenvalue weighted by Gasteiger charge is -2.31. The van der Waals surface area contributed by atoms with Crippen molar-refractivity contribution in [1.29, 1.82) is 5.26 Å². The zero-order chi connectivity index (χ0) is 29.3. The number of halogens is 1. The van der Waals surface area contributed by atoms with Gasteiger partial charge in [0.15, 0.2) is 11.3 Å². The second-order valence-corrected chi connectivity index (χ2v) is 11.2. The zero-order valence-electron chi connectivity index (χ0n) is 22.1. The average molecular weight is 578 g/mol. The lowest BCUT2D eigenvalue weighted by atomic mass is 9.90. The molecule has 4 N–H and O–H groups in total. The molecular weight excluding hydrogens is 548 g/mol. The Morgan fingerprint density at radius 1 is 1.35 bits per heavy atom. The molecule has 1 aliphatic rings. The maximum atomic E-state index is 16.2. The highest BCUT2D eigenvalue weighted by Gasteiger charge is 2.68. The number of nitriles is 1. The van der Waals surface area contributed by atoms with Crippen LogP contribution in [0.3, 0.4) is 0 Å². The summed E-state index contributed by atoms with van der Waals surface area (Å²) >= 11 is 0. The number of rotatable bonds is 10. The molecule has 1 saturated heterocycles. The largest absolute Gasteiger partial charge is 0.462 e. The Morgan fingerprint density at radius 2 is 2.05 bits per heavy atom. The number of aliphatic hydroxyl groups is 1. The van der Waals surface area contributed by atoms with E-state index in [9.17, 15) is 19.7 Å². The smallest absolute Gasteiger partial charge is 0.459 e. The molecule has 0 amide bonds. The molecule has 214 valence electrons. The number of carbonyl (C=O) groups excluding carboxylic acids is 1. The number of nitrogens with one attached hydrogen (secondary N) is 1. The van der Waals surface area contributed by atoms with Gasteiger partial charge in [-0.25, -0.2) is 18.9 Å². The Kier molecular flexibility index (Phi) is 8.11. The highest BCUT2D eigenvalue weighted by atomic mass is 31.2. The number of aliphatic hydroxyl groups excluding tert-OH is 1. The number of fused-ring (bicyclic) bond motifs is 1. The Hall–Kier alpha value is -3.67. The van der Waals surface area contributed by atoms with E-state index in [4.69, 9.17) is 24.3 Å². The van der Waals surface area contributed by atoms with Gasteiger partial charge in [0.2, 0.25) is 0 Å². The molecule has 14 nitrogen and oxygen atoms in total. The number of carbonyl (C=O) groups is 1. The quantitative estimate of drug-likeness (QED) is 0.234. The van der Waals surface area contributed by atoms with Crippen molar-refractivity contribution in [1.82, 2.24) is 24.8 Å². The molecule has 1 aliphatic heterocycles. The number of anilines is 1. The molecule has 3 heterocycles. The molecule has 16 heteroatoms. The summed E-state index contributed by atoms with van der Waals surface area (Å²) in [4.78, 5) is 20.3. The topological polar surface area (TPSA) is 197 Å². The molecule has 2 aromatic heterocycles. The van der Waals surface area contributed by atoms with Gasteiger partial charge in [0.1, 0.15) is 42.2 Å². The summed E-state index contributed by atoms with van der Waals surface area (Å²) in [6, 6.07) is 8.58. The summed E-state index contributed by atoms with van der Waals surface area (Å²) < 4.78 is 52.9. The number of ether oxygens (including phenoxy) is 2. The Labute approximate surface area is 228 Å². The molecule has 40 heavy (non-hydrogen) atoms. The fourth-order valence-electron chi connectivity index (χ4n) is 4.11. The lowest BCUT2D eigenvalue weighted by molar-refractivity contribution is -0.149. The molecule has 0 aliphatic carbocycles. The van der Waals surface area contributed by atoms with Crippen LogP contribution in [0, 0.1) is 11.3 Å². The summed E-state index contributed by atoms with van der Waals surface area (Å²) in [5.41, 5.74) is 0.553. The van der Waals surface area contributed by atoms with Gasteiger partial charge in [-0.15, -0.1) is 0 Å². The zero-order valence-corrected chi connectivity index (χ0v) is 23.0. The van der Waals surface area contributed by atoms with Crippen LogP contribution in [0.5, 0.6) is 5.75 Å². The van der Waals surface area contributed by atoms with Crippen LogP contribution in [0.15, 0.2) is 42.9 Å². The Morgan fingerprint density at radius 3 is 2.70 bits per heavy atom. The second-order valence-electron chi connectivity index (χ2n) is 9.52. The number of aromatic nitrogens is 4. The molecule has 0 radical (unpaired) electrons. The number of para-hydroxylation sites is 1. The van der Waals surface area contributed by atoms with E-state index in [0.29, 0.717) is 0 Å². The van der Waals surface area contributed by atoms with Gasteiger partial charge in [-0.2, -0.15) is 20.1 Å². The standard InChI is InChI=1S/C24H29FN7O7P/c1-14(2)37-22(34)15(3)31-40(35,39-16-8-6-5-7-9-16)36-11-18-19(33)23(4,25)24(12-26,38-18)32-21-17(10-30-32)20(27)28-13-29-21/h5-10,13-15,18-19,33H,11H2,1-4H3,(H,31,35)(H2,27,28,29)/t15-,18-,19-,23-,24-,40-/m1/s1. The van der Waals surface area contributed by atoms with Gasteiger partial charge in [0, 0.05) is 0 Å². The summed E-state index contributed by atoms with van der Waals surface area (Å²) in [6.45, 7) is 4.94. The third kappa shape index (κ3) is 5.36. The van der Waals surface area contributed by atoms with Crippen LogP contribution < -0.4 is 15.3 Å². The molecule has 1 aromatic carbocycles. The van der Waals surface area contributed by atoms with Gasteiger partial charge >= 0.3 is 13.7 Å². The van der Waals surface area contributed by atoms with Crippen molar-refractivity contribution in [2.24, 2.45) is 0 Å². The van der Waals surface area contributed by atoms with Gasteiger partial charge in [-0.3, -0.25) is 9.32 Å². The first-order valence-corrected chi connectivity index (χ1v) is 13.8. The monoisotopic (exact) mass is 577 g/mol. The molecular formula is C24H29FN7O7P. The van der Waals surface area contributed by atoms with E-state index in [1.807, 2.05) is 0 Å². The lowest BCUT2D eigenvalue weighted by Crippen LogP contribution is -2.52. The van der Waals surface area contributed by atoms with E-state index in [-0.39, 0.29) is 22.6 Å². The minimum absolute atomic E-state index is 0.0102. The van der Waals surface area contributed by atoms with Crippen LogP contribution in [0.4, 0.5) is 10.2 Å². The minimum atomic E-state index is -4.38. The predicted molar refractivity (Wildman–Crippen MR) is 138 cm³/mol. The molecule has 1 fully saturated rings. The van der Waals surface area contributed by atoms with Crippen molar-refractivity contribution >= 4 is 30.6 Å². The summed E-state index contributed by atoms with van der Waals surface area (Å²) in [5, 5.41) is 27.8. The van der Waals surface area contributed by atoms with Crippen molar-refractivity contribution < 1.29 is 37.4 Å². The normalized spacial score (nSPS) is 26.8. The molecule has 4 rings (SSSR count). The maximum absolute atomic E-state index is 16.2. The van der Waals surface area contributed by atoms with Crippen LogP contribution in [0.1, 0.15) is 27.7 Å². The van der Waals surface area contributed by atoms with Gasteiger partial charge < -0.3 is 24.8 Å². The predicted octanol–water partition coefficient (Wildman–Crippen LogP) is 2.21. The third-order valence-electron chi connectivity index (χ3n) is 6.17. The van der Waals surface area contributed by atoms with E-state index in [1.54, 1.807) is 38.1 Å². The number of hydrogen-bond donors (Lipinski definition) is 3. The van der Waals surface area contributed by atoms with Crippen molar-refractivity contribution in [2.45, 2.75) is 63.4 Å². The van der Waals surface area contributed by atoms with E-state index >= 15 is 4.39 Å². The first-order chi connectivity index (χ1) is 18.8. The molecule has 0 bridgehead atoms. The fourth-order valence-corrected chi connectivity index (χ4v) is 5.61. The highest BCUT2D eigenvalue weighted by Crippen LogP contribution is 2.50. The van der Waals surface area contributed by atoms with E-state index in [0.717, 1.165) is 17.9 Å². The van der Waals surface area contributed by atoms with Crippen LogP contribution in [-0.4, -0.2) is 67.5 Å². The minimum Gasteiger partial charge on any atom is -0.462 e. The van der Waals surface area contributed by atoms with E-state index in [1.165, 1.54) is 25.3 Å². The number of benzene rings is 1. The average Bonchev–Trinajstić information content (AvgIpc) is 3.41.